The Labute approximate surface area is 332 Å². The zero-order chi connectivity index (χ0) is 38.1. The molecule has 3 fully saturated rings. The van der Waals surface area contributed by atoms with Gasteiger partial charge in [-0.15, -0.1) is 28.6 Å². The largest absolute Gasteiger partial charge is 0.508 e. The van der Waals surface area contributed by atoms with Gasteiger partial charge in [-0.25, -0.2) is 4.99 Å². The fraction of sp³-hybridized carbons (Fsp3) is 0.435. The number of fused-ring (bicyclic) bond motifs is 1. The maximum atomic E-state index is 14.7. The molecule has 286 valence electrons. The second-order valence-corrected chi connectivity index (χ2v) is 18.1. The lowest BCUT2D eigenvalue weighted by molar-refractivity contribution is 0.0767. The third-order valence-corrected chi connectivity index (χ3v) is 14.6. The molecule has 4 aliphatic carbocycles. The minimum absolute atomic E-state index is 0.0120. The van der Waals surface area contributed by atoms with E-state index in [0.717, 1.165) is 69.3 Å². The van der Waals surface area contributed by atoms with Crippen LogP contribution in [0.5, 0.6) is 5.75 Å². The van der Waals surface area contributed by atoms with Gasteiger partial charge in [0, 0.05) is 45.9 Å². The van der Waals surface area contributed by atoms with Crippen LogP contribution in [0.15, 0.2) is 71.7 Å². The van der Waals surface area contributed by atoms with Crippen molar-refractivity contribution in [1.82, 2.24) is 5.32 Å². The van der Waals surface area contributed by atoms with E-state index in [-0.39, 0.29) is 47.2 Å². The number of nitrogens with one attached hydrogen (secondary N) is 2. The van der Waals surface area contributed by atoms with E-state index in [0.29, 0.717) is 18.5 Å². The number of aliphatic imine (C=N–C) groups is 1. The number of ketones is 1. The van der Waals surface area contributed by atoms with Crippen LogP contribution in [0, 0.1) is 35.5 Å². The quantitative estimate of drug-likeness (QED) is 0.0517. The molecule has 2 aromatic heterocycles. The van der Waals surface area contributed by atoms with Gasteiger partial charge >= 0.3 is 0 Å². The predicted molar refractivity (Wildman–Crippen MR) is 227 cm³/mol. The van der Waals surface area contributed by atoms with Crippen molar-refractivity contribution in [2.45, 2.75) is 95.7 Å². The van der Waals surface area contributed by atoms with Crippen LogP contribution < -0.4 is 26.8 Å². The summed E-state index contributed by atoms with van der Waals surface area (Å²) < 4.78 is 0. The Morgan fingerprint density at radius 3 is 2.60 bits per heavy atom. The van der Waals surface area contributed by atoms with Gasteiger partial charge in [-0.2, -0.15) is 0 Å². The van der Waals surface area contributed by atoms with Gasteiger partial charge in [-0.3, -0.25) is 4.79 Å². The van der Waals surface area contributed by atoms with Crippen LogP contribution >= 0.6 is 22.7 Å². The number of guanidine groups is 1. The molecular formula is C46H52N4O3S2. The number of hydrogen-bond donors (Lipinski definition) is 5. The van der Waals surface area contributed by atoms with Crippen LogP contribution in [0.3, 0.4) is 0 Å². The molecule has 2 heterocycles. The summed E-state index contributed by atoms with van der Waals surface area (Å²) in [5.74, 6) is 7.24. The van der Waals surface area contributed by atoms with Gasteiger partial charge in [0.2, 0.25) is 0 Å². The summed E-state index contributed by atoms with van der Waals surface area (Å²) in [5, 5.41) is 30.5. The summed E-state index contributed by atoms with van der Waals surface area (Å²) in [5.41, 5.74) is 10.1. The zero-order valence-corrected chi connectivity index (χ0v) is 33.4. The van der Waals surface area contributed by atoms with Crippen molar-refractivity contribution in [1.29, 1.82) is 0 Å². The highest BCUT2D eigenvalue weighted by molar-refractivity contribution is 7.23. The molecule has 3 saturated carbocycles. The number of phenolic OH excluding ortho intramolecular Hbond substituents is 1. The Morgan fingerprint density at radius 2 is 1.78 bits per heavy atom. The zero-order valence-electron chi connectivity index (χ0n) is 31.8. The molecule has 0 amide bonds. The van der Waals surface area contributed by atoms with Crippen LogP contribution in [0.25, 0.3) is 21.4 Å². The summed E-state index contributed by atoms with van der Waals surface area (Å²) in [7, 11) is 0. The molecule has 7 atom stereocenters. The number of nitrogens with two attached hydrogens (primary N) is 1. The van der Waals surface area contributed by atoms with Crippen molar-refractivity contribution in [3.05, 3.63) is 92.5 Å². The first-order valence-electron chi connectivity index (χ1n) is 20.1. The number of hydrogen-bond acceptors (Lipinski definition) is 7. The van der Waals surface area contributed by atoms with E-state index in [2.05, 4.69) is 77.1 Å². The van der Waals surface area contributed by atoms with E-state index in [1.807, 2.05) is 19.1 Å². The second kappa shape index (κ2) is 16.4. The molecule has 4 aromatic rings. The number of Topliss-reactive ketones (excluding diaryl/α,β-unsaturated/α-hetero) is 1. The Kier molecular flexibility index (Phi) is 11.2. The molecule has 0 spiro atoms. The average Bonchev–Trinajstić information content (AvgIpc) is 3.83. The first-order chi connectivity index (χ1) is 26.7. The van der Waals surface area contributed by atoms with E-state index in [9.17, 15) is 15.0 Å². The molecule has 4 aliphatic rings. The van der Waals surface area contributed by atoms with E-state index in [1.54, 1.807) is 35.7 Å². The van der Waals surface area contributed by atoms with Crippen molar-refractivity contribution in [3.63, 3.8) is 0 Å². The van der Waals surface area contributed by atoms with Crippen molar-refractivity contribution >= 4 is 51.8 Å². The van der Waals surface area contributed by atoms with Crippen molar-refractivity contribution < 1.29 is 15.0 Å². The third kappa shape index (κ3) is 8.00. The minimum atomic E-state index is -0.526. The molecule has 55 heavy (non-hydrogen) atoms. The number of carbonyl (C=O) groups is 1. The lowest BCUT2D eigenvalue weighted by atomic mass is 9.59. The number of carbonyl (C=O) groups excluding carboxylic acids is 1. The highest BCUT2D eigenvalue weighted by atomic mass is 32.1. The topological polar surface area (TPSA) is 120 Å². The second-order valence-electron chi connectivity index (χ2n) is 16.0. The van der Waals surface area contributed by atoms with Crippen LogP contribution in [0.2, 0.25) is 0 Å². The van der Waals surface area contributed by atoms with Crippen LogP contribution in [-0.2, 0) is 0 Å². The lowest BCUT2D eigenvalue weighted by Gasteiger charge is -2.45. The molecule has 8 rings (SSSR count). The summed E-state index contributed by atoms with van der Waals surface area (Å²) in [6, 6.07) is 22.9. The van der Waals surface area contributed by atoms with Gasteiger partial charge in [-0.05, 0) is 123 Å². The molecule has 0 unspecified atom stereocenters. The minimum Gasteiger partial charge on any atom is -0.508 e. The molecule has 9 heteroatoms. The summed E-state index contributed by atoms with van der Waals surface area (Å²) in [6.45, 7) is 3.99. The SMILES string of the molecule is CC#Cc1ccc(-c2ccc(C(=O)[C@H]3CC[C@H]4[C@H](N=C(N)NC5CCCCC5)[C@H](c5cc(O)cc(NC[C@H](C)O)c5)CCC5=c6ccccc6=C[C@H]3[C@H]54)s2)s1. The van der Waals surface area contributed by atoms with E-state index in [1.165, 1.54) is 35.3 Å². The normalized spacial score (nSPS) is 25.7. The number of thiophene rings is 2. The van der Waals surface area contributed by atoms with Gasteiger partial charge in [0.05, 0.1) is 21.9 Å². The Morgan fingerprint density at radius 1 is 0.982 bits per heavy atom. The monoisotopic (exact) mass is 772 g/mol. The van der Waals surface area contributed by atoms with Gasteiger partial charge in [0.25, 0.3) is 0 Å². The number of benzene rings is 2. The molecule has 0 bridgehead atoms. The summed E-state index contributed by atoms with van der Waals surface area (Å²) >= 11 is 3.27. The summed E-state index contributed by atoms with van der Waals surface area (Å²) in [4.78, 5) is 24.3. The molecule has 0 saturated heterocycles. The highest BCUT2D eigenvalue weighted by Gasteiger charge is 2.50. The first-order valence-corrected chi connectivity index (χ1v) is 21.7. The maximum Gasteiger partial charge on any atom is 0.189 e. The number of rotatable bonds is 9. The van der Waals surface area contributed by atoms with Crippen molar-refractivity contribution in [2.75, 3.05) is 11.9 Å². The summed E-state index contributed by atoms with van der Waals surface area (Å²) in [6.07, 6.45) is 11.1. The lowest BCUT2D eigenvalue weighted by Crippen LogP contribution is -2.49. The number of aromatic hydroxyl groups is 1. The fourth-order valence-corrected chi connectivity index (χ4v) is 12.0. The first kappa shape index (κ1) is 37.6. The van der Waals surface area contributed by atoms with Gasteiger partial charge in [0.1, 0.15) is 5.75 Å². The molecule has 0 radical (unpaired) electrons. The van der Waals surface area contributed by atoms with Crippen LogP contribution in [0.1, 0.15) is 97.7 Å². The Balaban J connectivity index is 1.19. The molecule has 6 N–H and O–H groups in total. The molecule has 7 nitrogen and oxygen atoms in total. The van der Waals surface area contributed by atoms with E-state index >= 15 is 0 Å². The average molecular weight is 773 g/mol. The van der Waals surface area contributed by atoms with E-state index < -0.39 is 6.10 Å². The van der Waals surface area contributed by atoms with Gasteiger partial charge < -0.3 is 26.6 Å². The number of nitrogens with zero attached hydrogens (tertiary/aromatic N) is 1. The van der Waals surface area contributed by atoms with Crippen molar-refractivity contribution in [2.24, 2.45) is 34.4 Å². The van der Waals surface area contributed by atoms with Gasteiger partial charge in [0.15, 0.2) is 11.7 Å². The molecular weight excluding hydrogens is 721 g/mol. The highest BCUT2D eigenvalue weighted by Crippen LogP contribution is 2.54. The maximum absolute atomic E-state index is 14.7. The smallest absolute Gasteiger partial charge is 0.189 e. The van der Waals surface area contributed by atoms with Gasteiger partial charge in [-0.1, -0.05) is 61.1 Å². The molecule has 0 aliphatic heterocycles. The number of anilines is 1. The third-order valence-electron chi connectivity index (χ3n) is 12.3. The van der Waals surface area contributed by atoms with Crippen LogP contribution in [0.4, 0.5) is 5.69 Å². The Hall–Kier alpha value is -4.36. The number of aliphatic hydroxyl groups excluding tert-OH is 1. The number of phenols is 1. The Bertz CT molecular complexity index is 2250. The fourth-order valence-electron chi connectivity index (χ4n) is 9.95. The predicted octanol–water partition coefficient (Wildman–Crippen LogP) is 7.62. The van der Waals surface area contributed by atoms with Crippen LogP contribution in [-0.4, -0.2) is 46.7 Å². The standard InChI is InChI=1S/C46H52N4O3S2/c1-3-9-33-14-19-40(54-33)41-20-21-42(55-41)45(53)37-17-18-38-43-36(34-13-8-7-10-28(34)24-39(37)43)16-15-35(29-22-31(25-32(52)23-29)48-26-27(2)51)44(38)50-46(47)49-30-11-5-4-6-12-30/h7-8,10,13-14,19-25,27,30,35,37-39,43-44,48,51-52H,4-6,11-12,15-18,26H2,1-2H3,(H3,47,49,50)/t27-,35-,37-,38+,39+,43+,44+/m0/s1. The molecule has 2 aromatic carbocycles. The number of aliphatic hydroxyl groups is 1. The van der Waals surface area contributed by atoms with E-state index in [4.69, 9.17) is 10.7 Å². The van der Waals surface area contributed by atoms with Crippen molar-refractivity contribution in [3.8, 4) is 27.3 Å².